The molecule has 2 aromatic rings. The maximum Gasteiger partial charge on any atom is 0.323 e. The van der Waals surface area contributed by atoms with Gasteiger partial charge in [0, 0.05) is 44.2 Å². The minimum Gasteiger partial charge on any atom is -0.468 e. The van der Waals surface area contributed by atoms with Crippen LogP contribution in [-0.4, -0.2) is 75.1 Å². The third-order valence-electron chi connectivity index (χ3n) is 5.16. The van der Waals surface area contributed by atoms with Gasteiger partial charge in [-0.05, 0) is 12.8 Å². The first-order valence-corrected chi connectivity index (χ1v) is 9.70. The first kappa shape index (κ1) is 17.4. The first-order chi connectivity index (χ1) is 12.6. The fraction of sp³-hybridized carbons (Fsp3) is 0.588. The fourth-order valence-electron chi connectivity index (χ4n) is 3.85. The van der Waals surface area contributed by atoms with E-state index in [4.69, 9.17) is 4.74 Å². The Hall–Kier alpha value is -1.97. The molecule has 1 N–H and O–H groups in total. The van der Waals surface area contributed by atoms with Gasteiger partial charge in [0.05, 0.1) is 18.9 Å². The van der Waals surface area contributed by atoms with Crippen molar-refractivity contribution in [2.75, 3.05) is 26.7 Å². The van der Waals surface area contributed by atoms with Crippen LogP contribution in [0.15, 0.2) is 11.6 Å². The molecule has 9 heteroatoms. The third kappa shape index (κ3) is 3.00. The number of esters is 1. The lowest BCUT2D eigenvalue weighted by Gasteiger charge is -2.22. The highest BCUT2D eigenvalue weighted by Crippen LogP contribution is 2.26. The summed E-state index contributed by atoms with van der Waals surface area (Å²) >= 11 is 1.47. The number of β-amino-alcohol motifs (C(OH)–C–C–N with tert-alkyl or cyclic N) is 1. The molecule has 1 amide bonds. The van der Waals surface area contributed by atoms with Gasteiger partial charge in [-0.25, -0.2) is 4.98 Å². The lowest BCUT2D eigenvalue weighted by molar-refractivity contribution is -0.146. The molecule has 0 aromatic carbocycles. The summed E-state index contributed by atoms with van der Waals surface area (Å²) in [5.41, 5.74) is 1.21. The van der Waals surface area contributed by atoms with Crippen molar-refractivity contribution in [3.8, 4) is 0 Å². The molecule has 2 fully saturated rings. The molecule has 8 nitrogen and oxygen atoms in total. The molecule has 4 heterocycles. The molecule has 4 rings (SSSR count). The number of aliphatic hydroxyl groups excluding tert-OH is 1. The molecule has 140 valence electrons. The van der Waals surface area contributed by atoms with Gasteiger partial charge in [0.2, 0.25) is 0 Å². The predicted octanol–water partition coefficient (Wildman–Crippen LogP) is 0.740. The van der Waals surface area contributed by atoms with Crippen LogP contribution in [0.3, 0.4) is 0 Å². The van der Waals surface area contributed by atoms with Crippen LogP contribution in [0.5, 0.6) is 0 Å². The summed E-state index contributed by atoms with van der Waals surface area (Å²) in [6.07, 6.45) is 3.69. The van der Waals surface area contributed by atoms with Crippen molar-refractivity contribution in [3.63, 3.8) is 0 Å². The number of amides is 1. The summed E-state index contributed by atoms with van der Waals surface area (Å²) in [6.45, 7) is 2.26. The average molecular weight is 378 g/mol. The molecule has 0 saturated carbocycles. The number of carbonyl (C=O) groups is 2. The monoisotopic (exact) mass is 378 g/mol. The van der Waals surface area contributed by atoms with Crippen molar-refractivity contribution >= 4 is 28.2 Å². The third-order valence-corrected chi connectivity index (χ3v) is 5.92. The smallest absolute Gasteiger partial charge is 0.323 e. The number of hydrogen-bond acceptors (Lipinski definition) is 7. The number of aliphatic hydroxyl groups is 1. The van der Waals surface area contributed by atoms with Crippen LogP contribution in [0.2, 0.25) is 0 Å². The number of rotatable bonds is 4. The molecule has 0 aliphatic carbocycles. The summed E-state index contributed by atoms with van der Waals surface area (Å²) in [5, 5.41) is 11.9. The number of aromatic nitrogens is 2. The number of likely N-dealkylation sites (tertiary alicyclic amines) is 2. The van der Waals surface area contributed by atoms with Gasteiger partial charge in [-0.1, -0.05) is 0 Å². The number of carbonyl (C=O) groups excluding carboxylic acids is 2. The second kappa shape index (κ2) is 6.98. The van der Waals surface area contributed by atoms with Crippen LogP contribution >= 0.6 is 11.3 Å². The zero-order chi connectivity index (χ0) is 18.3. The van der Waals surface area contributed by atoms with Crippen LogP contribution < -0.4 is 0 Å². The Balaban J connectivity index is 1.66. The standard InChI is InChI=1S/C17H22N4O4S/c1-25-16(24)12-8-11(22)9-20(12)10-13-14(15(23)19-4-2-3-5-19)18-17-21(13)6-7-26-17/h6-7,11-12,22H,2-5,8-10H2,1H3/t11-,12+/m1/s1. The van der Waals surface area contributed by atoms with Crippen LogP contribution in [0.1, 0.15) is 35.4 Å². The van der Waals surface area contributed by atoms with Crippen molar-refractivity contribution in [3.05, 3.63) is 23.0 Å². The summed E-state index contributed by atoms with van der Waals surface area (Å²) in [6, 6.07) is -0.506. The molecule has 2 aliphatic heterocycles. The second-order valence-electron chi connectivity index (χ2n) is 6.82. The van der Waals surface area contributed by atoms with Gasteiger partial charge < -0.3 is 14.7 Å². The number of imidazole rings is 1. The van der Waals surface area contributed by atoms with Gasteiger partial charge in [0.25, 0.3) is 5.91 Å². The number of fused-ring (bicyclic) bond motifs is 1. The molecule has 2 atom stereocenters. The SMILES string of the molecule is COC(=O)[C@@H]1C[C@@H](O)CN1Cc1c(C(=O)N2CCCC2)nc2sccn12. The van der Waals surface area contributed by atoms with Crippen LogP contribution in [0.4, 0.5) is 0 Å². The Morgan fingerprint density at radius 1 is 1.38 bits per heavy atom. The van der Waals surface area contributed by atoms with Gasteiger partial charge in [-0.3, -0.25) is 18.9 Å². The molecule has 0 unspecified atom stereocenters. The highest BCUT2D eigenvalue weighted by molar-refractivity contribution is 7.15. The summed E-state index contributed by atoms with van der Waals surface area (Å²) in [5.74, 6) is -0.414. The van der Waals surface area contributed by atoms with E-state index in [2.05, 4.69) is 4.98 Å². The Morgan fingerprint density at radius 3 is 2.88 bits per heavy atom. The molecule has 0 spiro atoms. The van der Waals surface area contributed by atoms with Crippen LogP contribution in [0, 0.1) is 0 Å². The normalized spacial score (nSPS) is 23.8. The fourth-order valence-corrected chi connectivity index (χ4v) is 4.59. The van der Waals surface area contributed by atoms with E-state index in [1.54, 1.807) is 0 Å². The summed E-state index contributed by atoms with van der Waals surface area (Å²) in [7, 11) is 1.35. The number of nitrogens with zero attached hydrogens (tertiary/aromatic N) is 4. The lowest BCUT2D eigenvalue weighted by atomic mass is 10.2. The molecule has 2 aliphatic rings. The maximum absolute atomic E-state index is 12.9. The highest BCUT2D eigenvalue weighted by atomic mass is 32.1. The zero-order valence-electron chi connectivity index (χ0n) is 14.6. The van der Waals surface area contributed by atoms with Crippen molar-refractivity contribution in [1.29, 1.82) is 0 Å². The van der Waals surface area contributed by atoms with Gasteiger partial charge in [-0.2, -0.15) is 0 Å². The second-order valence-corrected chi connectivity index (χ2v) is 7.69. The largest absolute Gasteiger partial charge is 0.468 e. The van der Waals surface area contributed by atoms with Crippen molar-refractivity contribution < 1.29 is 19.4 Å². The van der Waals surface area contributed by atoms with Gasteiger partial charge in [-0.15, -0.1) is 11.3 Å². The first-order valence-electron chi connectivity index (χ1n) is 8.82. The van der Waals surface area contributed by atoms with Crippen molar-refractivity contribution in [2.45, 2.75) is 38.0 Å². The van der Waals surface area contributed by atoms with E-state index in [1.807, 2.05) is 25.8 Å². The topological polar surface area (TPSA) is 87.4 Å². The van der Waals surface area contributed by atoms with E-state index in [-0.39, 0.29) is 11.9 Å². The molecule has 0 bridgehead atoms. The molecule has 2 saturated heterocycles. The van der Waals surface area contributed by atoms with E-state index in [0.717, 1.165) is 36.6 Å². The summed E-state index contributed by atoms with van der Waals surface area (Å²) < 4.78 is 6.79. The van der Waals surface area contributed by atoms with E-state index in [1.165, 1.54) is 18.4 Å². The maximum atomic E-state index is 12.9. The van der Waals surface area contributed by atoms with E-state index >= 15 is 0 Å². The van der Waals surface area contributed by atoms with Crippen LogP contribution in [0.25, 0.3) is 4.96 Å². The zero-order valence-corrected chi connectivity index (χ0v) is 15.4. The Bertz CT molecular complexity index is 826. The predicted molar refractivity (Wildman–Crippen MR) is 95.0 cm³/mol. The van der Waals surface area contributed by atoms with Gasteiger partial charge in [0.1, 0.15) is 6.04 Å². The molecule has 2 aromatic heterocycles. The number of ether oxygens (including phenoxy) is 1. The van der Waals surface area contributed by atoms with Crippen LogP contribution in [-0.2, 0) is 16.1 Å². The Labute approximate surface area is 155 Å². The van der Waals surface area contributed by atoms with E-state index in [0.29, 0.717) is 25.2 Å². The molecule has 0 radical (unpaired) electrons. The van der Waals surface area contributed by atoms with Crippen molar-refractivity contribution in [1.82, 2.24) is 19.2 Å². The van der Waals surface area contributed by atoms with E-state index < -0.39 is 12.1 Å². The minimum atomic E-state index is -0.581. The van der Waals surface area contributed by atoms with Crippen molar-refractivity contribution in [2.24, 2.45) is 0 Å². The lowest BCUT2D eigenvalue weighted by Crippen LogP contribution is -2.37. The Morgan fingerprint density at radius 2 is 2.15 bits per heavy atom. The molecular weight excluding hydrogens is 356 g/mol. The summed E-state index contributed by atoms with van der Waals surface area (Å²) in [4.78, 5) is 34.0. The molecule has 26 heavy (non-hydrogen) atoms. The number of thiazole rings is 1. The van der Waals surface area contributed by atoms with E-state index in [9.17, 15) is 14.7 Å². The van der Waals surface area contributed by atoms with Gasteiger partial charge >= 0.3 is 5.97 Å². The minimum absolute atomic E-state index is 0.0530. The average Bonchev–Trinajstić information content (AvgIpc) is 3.39. The highest BCUT2D eigenvalue weighted by Gasteiger charge is 2.38. The van der Waals surface area contributed by atoms with Gasteiger partial charge in [0.15, 0.2) is 10.7 Å². The number of methoxy groups -OCH3 is 1. The quantitative estimate of drug-likeness (QED) is 0.790. The Kier molecular flexibility index (Phi) is 4.68. The molecular formula is C17H22N4O4S. The number of hydrogen-bond donors (Lipinski definition) is 1.